The first-order valence-electron chi connectivity index (χ1n) is 5.28. The molecule has 0 aliphatic heterocycles. The lowest BCUT2D eigenvalue weighted by atomic mass is 10.1. The van der Waals surface area contributed by atoms with Gasteiger partial charge >= 0.3 is 0 Å². The summed E-state index contributed by atoms with van der Waals surface area (Å²) in [6, 6.07) is 5.96. The average molecular weight is 315 g/mol. The summed E-state index contributed by atoms with van der Waals surface area (Å²) in [6.45, 7) is 4.12. The summed E-state index contributed by atoms with van der Waals surface area (Å²) >= 11 is 9.56. The second kappa shape index (κ2) is 4.70. The minimum Gasteiger partial charge on any atom is -0.383 e. The fraction of sp³-hybridized carbons (Fsp3) is 0.250. The Hall–Kier alpha value is -1.00. The van der Waals surface area contributed by atoms with Crippen LogP contribution in [0, 0.1) is 0 Å². The van der Waals surface area contributed by atoms with E-state index < -0.39 is 0 Å². The van der Waals surface area contributed by atoms with Crippen LogP contribution in [-0.2, 0) is 0 Å². The topological polar surface area (TPSA) is 43.8 Å². The zero-order valence-electron chi connectivity index (χ0n) is 9.61. The van der Waals surface area contributed by atoms with Crippen LogP contribution >= 0.6 is 27.5 Å². The van der Waals surface area contributed by atoms with Crippen LogP contribution in [0.2, 0.25) is 5.02 Å². The van der Waals surface area contributed by atoms with Crippen LogP contribution in [0.15, 0.2) is 29.0 Å². The Morgan fingerprint density at radius 3 is 2.65 bits per heavy atom. The number of anilines is 1. The van der Waals surface area contributed by atoms with Crippen LogP contribution < -0.4 is 5.73 Å². The summed E-state index contributed by atoms with van der Waals surface area (Å²) < 4.78 is 2.86. The van der Waals surface area contributed by atoms with Gasteiger partial charge in [0.05, 0.1) is 11.3 Å². The van der Waals surface area contributed by atoms with E-state index in [2.05, 4.69) is 34.8 Å². The summed E-state index contributed by atoms with van der Waals surface area (Å²) in [5, 5.41) is 0.639. The quantitative estimate of drug-likeness (QED) is 0.905. The molecule has 17 heavy (non-hydrogen) atoms. The standard InChI is InChI=1S/C12H13BrClN3/c1-7(2)17-6-16-11(12(17)15)9-4-3-8(13)5-10(9)14/h3-7H,15H2,1-2H3. The van der Waals surface area contributed by atoms with Gasteiger partial charge in [-0.1, -0.05) is 33.6 Å². The number of imidazole rings is 1. The molecule has 0 unspecified atom stereocenters. The molecule has 0 fully saturated rings. The van der Waals surface area contributed by atoms with E-state index in [4.69, 9.17) is 17.3 Å². The Labute approximate surface area is 114 Å². The molecule has 0 spiro atoms. The molecule has 2 N–H and O–H groups in total. The second-order valence-corrected chi connectivity index (χ2v) is 5.43. The molecule has 90 valence electrons. The summed E-state index contributed by atoms with van der Waals surface area (Å²) in [4.78, 5) is 4.34. The van der Waals surface area contributed by atoms with Crippen molar-refractivity contribution in [2.75, 3.05) is 5.73 Å². The zero-order valence-corrected chi connectivity index (χ0v) is 12.0. The summed E-state index contributed by atoms with van der Waals surface area (Å²) in [7, 11) is 0. The molecule has 0 saturated carbocycles. The van der Waals surface area contributed by atoms with Crippen LogP contribution in [0.3, 0.4) is 0 Å². The molecule has 0 saturated heterocycles. The lowest BCUT2D eigenvalue weighted by Crippen LogP contribution is -2.04. The molecule has 1 heterocycles. The Bertz CT molecular complexity index is 549. The predicted molar refractivity (Wildman–Crippen MR) is 75.2 cm³/mol. The first-order chi connectivity index (χ1) is 8.00. The third-order valence-electron chi connectivity index (χ3n) is 2.57. The molecule has 2 aromatic rings. The Balaban J connectivity index is 2.54. The van der Waals surface area contributed by atoms with Crippen molar-refractivity contribution in [2.24, 2.45) is 0 Å². The van der Waals surface area contributed by atoms with Crippen LogP contribution in [0.4, 0.5) is 5.82 Å². The van der Waals surface area contributed by atoms with Crippen molar-refractivity contribution in [2.45, 2.75) is 19.9 Å². The van der Waals surface area contributed by atoms with Crippen molar-refractivity contribution in [1.29, 1.82) is 0 Å². The first-order valence-corrected chi connectivity index (χ1v) is 6.45. The van der Waals surface area contributed by atoms with E-state index in [1.165, 1.54) is 0 Å². The van der Waals surface area contributed by atoms with Gasteiger partial charge in [0.1, 0.15) is 11.5 Å². The molecular weight excluding hydrogens is 302 g/mol. The van der Waals surface area contributed by atoms with Gasteiger partial charge in [0.2, 0.25) is 0 Å². The van der Waals surface area contributed by atoms with Crippen molar-refractivity contribution < 1.29 is 0 Å². The van der Waals surface area contributed by atoms with Crippen molar-refractivity contribution in [3.8, 4) is 11.3 Å². The van der Waals surface area contributed by atoms with E-state index in [-0.39, 0.29) is 6.04 Å². The van der Waals surface area contributed by atoms with Crippen LogP contribution in [-0.4, -0.2) is 9.55 Å². The maximum Gasteiger partial charge on any atom is 0.131 e. The number of aromatic nitrogens is 2. The molecule has 0 aliphatic rings. The van der Waals surface area contributed by atoms with Gasteiger partial charge in [0, 0.05) is 16.1 Å². The van der Waals surface area contributed by atoms with Crippen LogP contribution in [0.25, 0.3) is 11.3 Å². The van der Waals surface area contributed by atoms with Crippen LogP contribution in [0.1, 0.15) is 19.9 Å². The predicted octanol–water partition coefficient (Wildman–Crippen LogP) is 4.13. The Morgan fingerprint density at radius 2 is 2.12 bits per heavy atom. The summed E-state index contributed by atoms with van der Waals surface area (Å²) in [5.41, 5.74) is 7.66. The lowest BCUT2D eigenvalue weighted by molar-refractivity contribution is 0.607. The highest BCUT2D eigenvalue weighted by Gasteiger charge is 2.14. The van der Waals surface area contributed by atoms with Gasteiger partial charge in [0.15, 0.2) is 0 Å². The lowest BCUT2D eigenvalue weighted by Gasteiger charge is -2.09. The maximum absolute atomic E-state index is 6.19. The molecule has 0 atom stereocenters. The zero-order chi connectivity index (χ0) is 12.6. The number of nitrogens with two attached hydrogens (primary N) is 1. The van der Waals surface area contributed by atoms with Gasteiger partial charge in [-0.2, -0.15) is 0 Å². The minimum absolute atomic E-state index is 0.283. The minimum atomic E-state index is 0.283. The molecule has 0 amide bonds. The van der Waals surface area contributed by atoms with Gasteiger partial charge in [-0.05, 0) is 26.0 Å². The molecular formula is C12H13BrClN3. The van der Waals surface area contributed by atoms with Gasteiger partial charge < -0.3 is 10.3 Å². The Morgan fingerprint density at radius 1 is 1.41 bits per heavy atom. The smallest absolute Gasteiger partial charge is 0.131 e. The highest BCUT2D eigenvalue weighted by atomic mass is 79.9. The molecule has 1 aromatic heterocycles. The van der Waals surface area contributed by atoms with Gasteiger partial charge in [0.25, 0.3) is 0 Å². The fourth-order valence-corrected chi connectivity index (χ4v) is 2.43. The van der Waals surface area contributed by atoms with E-state index in [0.29, 0.717) is 10.8 Å². The van der Waals surface area contributed by atoms with Crippen molar-refractivity contribution in [3.63, 3.8) is 0 Å². The number of hydrogen-bond donors (Lipinski definition) is 1. The monoisotopic (exact) mass is 313 g/mol. The van der Waals surface area contributed by atoms with Gasteiger partial charge in [-0.3, -0.25) is 0 Å². The number of nitrogens with zero attached hydrogens (tertiary/aromatic N) is 2. The van der Waals surface area contributed by atoms with Crippen LogP contribution in [0.5, 0.6) is 0 Å². The third-order valence-corrected chi connectivity index (χ3v) is 3.38. The highest BCUT2D eigenvalue weighted by Crippen LogP contribution is 2.33. The van der Waals surface area contributed by atoms with Crippen molar-refractivity contribution in [1.82, 2.24) is 9.55 Å². The van der Waals surface area contributed by atoms with E-state index in [1.54, 1.807) is 6.33 Å². The van der Waals surface area contributed by atoms with E-state index in [1.807, 2.05) is 22.8 Å². The number of hydrogen-bond acceptors (Lipinski definition) is 2. The molecule has 2 rings (SSSR count). The Kier molecular flexibility index (Phi) is 3.45. The van der Waals surface area contributed by atoms with Gasteiger partial charge in [-0.15, -0.1) is 0 Å². The molecule has 5 heteroatoms. The number of nitrogen functional groups attached to an aromatic ring is 1. The van der Waals surface area contributed by atoms with E-state index in [9.17, 15) is 0 Å². The second-order valence-electron chi connectivity index (χ2n) is 4.10. The fourth-order valence-electron chi connectivity index (χ4n) is 1.67. The normalized spacial score (nSPS) is 11.1. The largest absolute Gasteiger partial charge is 0.383 e. The van der Waals surface area contributed by atoms with Crippen molar-refractivity contribution in [3.05, 3.63) is 34.0 Å². The molecule has 0 aliphatic carbocycles. The molecule has 0 bridgehead atoms. The third kappa shape index (κ3) is 2.33. The van der Waals surface area contributed by atoms with E-state index >= 15 is 0 Å². The molecule has 3 nitrogen and oxygen atoms in total. The average Bonchev–Trinajstić information content (AvgIpc) is 2.60. The molecule has 0 radical (unpaired) electrons. The number of rotatable bonds is 2. The number of benzene rings is 1. The summed E-state index contributed by atoms with van der Waals surface area (Å²) in [6.07, 6.45) is 1.74. The summed E-state index contributed by atoms with van der Waals surface area (Å²) in [5.74, 6) is 0.643. The first kappa shape index (κ1) is 12.5. The van der Waals surface area contributed by atoms with Crippen molar-refractivity contribution >= 4 is 33.3 Å². The molecule has 1 aromatic carbocycles. The van der Waals surface area contributed by atoms with Gasteiger partial charge in [-0.25, -0.2) is 4.98 Å². The highest BCUT2D eigenvalue weighted by molar-refractivity contribution is 9.10. The SMILES string of the molecule is CC(C)n1cnc(-c2ccc(Br)cc2Cl)c1N. The number of halogens is 2. The van der Waals surface area contributed by atoms with E-state index in [0.717, 1.165) is 15.7 Å². The maximum atomic E-state index is 6.19.